The van der Waals surface area contributed by atoms with Crippen molar-refractivity contribution in [2.24, 2.45) is 0 Å². The molecule has 0 aliphatic rings. The van der Waals surface area contributed by atoms with Gasteiger partial charge in [-0.15, -0.1) is 0 Å². The molecule has 0 atom stereocenters. The average molecular weight is 229 g/mol. The van der Waals surface area contributed by atoms with Crippen molar-refractivity contribution in [1.82, 2.24) is 9.78 Å². The SMILES string of the molecule is C/C=C/c1c(Cl)cnn(CC(=O)O)c1=O. The maximum absolute atomic E-state index is 11.6. The van der Waals surface area contributed by atoms with Gasteiger partial charge in [0.2, 0.25) is 0 Å². The maximum atomic E-state index is 11.6. The summed E-state index contributed by atoms with van der Waals surface area (Å²) in [6.07, 6.45) is 4.42. The zero-order valence-corrected chi connectivity index (χ0v) is 8.73. The number of carboxylic acid groups (broad SMARTS) is 1. The predicted molar refractivity (Wildman–Crippen MR) is 55.9 cm³/mol. The van der Waals surface area contributed by atoms with Crippen LogP contribution in [0.5, 0.6) is 0 Å². The summed E-state index contributed by atoms with van der Waals surface area (Å²) in [5.41, 5.74) is -0.265. The standard InChI is InChI=1S/C9H9ClN2O3/c1-2-3-6-7(10)4-11-12(9(6)15)5-8(13)14/h2-4H,5H2,1H3,(H,13,14)/b3-2+. The summed E-state index contributed by atoms with van der Waals surface area (Å²) in [7, 11) is 0. The molecule has 0 saturated carbocycles. The number of hydrogen-bond donors (Lipinski definition) is 1. The normalized spacial score (nSPS) is 10.8. The minimum Gasteiger partial charge on any atom is -0.480 e. The molecule has 6 heteroatoms. The van der Waals surface area contributed by atoms with Crippen LogP contribution in [0.2, 0.25) is 5.02 Å². The van der Waals surface area contributed by atoms with E-state index in [9.17, 15) is 9.59 Å². The Labute approximate surface area is 90.6 Å². The molecule has 0 unspecified atom stereocenters. The van der Waals surface area contributed by atoms with E-state index in [0.29, 0.717) is 0 Å². The summed E-state index contributed by atoms with van der Waals surface area (Å²) < 4.78 is 0.851. The van der Waals surface area contributed by atoms with Gasteiger partial charge < -0.3 is 5.11 Å². The van der Waals surface area contributed by atoms with Gasteiger partial charge in [-0.2, -0.15) is 5.10 Å². The van der Waals surface area contributed by atoms with Crippen molar-refractivity contribution in [3.8, 4) is 0 Å². The first-order valence-corrected chi connectivity index (χ1v) is 4.54. The van der Waals surface area contributed by atoms with Crippen LogP contribution in [-0.4, -0.2) is 20.9 Å². The molecule has 0 spiro atoms. The van der Waals surface area contributed by atoms with Gasteiger partial charge in [0, 0.05) is 0 Å². The van der Waals surface area contributed by atoms with Crippen LogP contribution in [0.1, 0.15) is 12.5 Å². The first-order valence-electron chi connectivity index (χ1n) is 4.16. The van der Waals surface area contributed by atoms with E-state index in [1.54, 1.807) is 13.0 Å². The van der Waals surface area contributed by atoms with E-state index in [1.807, 2.05) is 0 Å². The van der Waals surface area contributed by atoms with Crippen molar-refractivity contribution in [3.05, 3.63) is 33.2 Å². The smallest absolute Gasteiger partial charge is 0.325 e. The Morgan fingerprint density at radius 1 is 1.73 bits per heavy atom. The molecule has 0 aliphatic heterocycles. The molecule has 0 bridgehead atoms. The second kappa shape index (κ2) is 4.75. The molecular weight excluding hydrogens is 220 g/mol. The second-order valence-electron chi connectivity index (χ2n) is 2.76. The molecule has 1 aromatic heterocycles. The highest BCUT2D eigenvalue weighted by atomic mass is 35.5. The molecule has 80 valence electrons. The number of aliphatic carboxylic acids is 1. The van der Waals surface area contributed by atoms with Gasteiger partial charge in [0.05, 0.1) is 16.8 Å². The van der Waals surface area contributed by atoms with Crippen LogP contribution in [0, 0.1) is 0 Å². The lowest BCUT2D eigenvalue weighted by Crippen LogP contribution is -2.28. The van der Waals surface area contributed by atoms with E-state index in [0.717, 1.165) is 4.68 Å². The number of carbonyl (C=O) groups is 1. The second-order valence-corrected chi connectivity index (χ2v) is 3.17. The summed E-state index contributed by atoms with van der Waals surface area (Å²) in [6, 6.07) is 0. The van der Waals surface area contributed by atoms with Crippen LogP contribution < -0.4 is 5.56 Å². The summed E-state index contributed by atoms with van der Waals surface area (Å²) in [5, 5.41) is 12.4. The van der Waals surface area contributed by atoms with Crippen LogP contribution >= 0.6 is 11.6 Å². The fourth-order valence-corrected chi connectivity index (χ4v) is 1.23. The molecular formula is C9H9ClN2O3. The molecule has 0 fully saturated rings. The number of rotatable bonds is 3. The van der Waals surface area contributed by atoms with Crippen LogP contribution in [0.4, 0.5) is 0 Å². The maximum Gasteiger partial charge on any atom is 0.325 e. The fraction of sp³-hybridized carbons (Fsp3) is 0.222. The lowest BCUT2D eigenvalue weighted by Gasteiger charge is -2.03. The average Bonchev–Trinajstić information content (AvgIpc) is 2.16. The van der Waals surface area contributed by atoms with E-state index in [2.05, 4.69) is 5.10 Å². The van der Waals surface area contributed by atoms with Crippen LogP contribution in [0.25, 0.3) is 6.08 Å². The molecule has 1 rings (SSSR count). The Kier molecular flexibility index (Phi) is 3.62. The van der Waals surface area contributed by atoms with Crippen molar-refractivity contribution in [3.63, 3.8) is 0 Å². The third kappa shape index (κ3) is 2.66. The number of allylic oxidation sites excluding steroid dienone is 1. The Bertz CT molecular complexity index is 465. The van der Waals surface area contributed by atoms with Crippen molar-refractivity contribution in [1.29, 1.82) is 0 Å². The highest BCUT2D eigenvalue weighted by Gasteiger charge is 2.09. The molecule has 0 radical (unpaired) electrons. The largest absolute Gasteiger partial charge is 0.480 e. The van der Waals surface area contributed by atoms with Gasteiger partial charge in [0.1, 0.15) is 6.54 Å². The molecule has 0 aromatic carbocycles. The third-order valence-electron chi connectivity index (χ3n) is 1.65. The summed E-state index contributed by atoms with van der Waals surface area (Å²) in [6.45, 7) is 1.26. The Balaban J connectivity index is 3.28. The summed E-state index contributed by atoms with van der Waals surface area (Å²) in [4.78, 5) is 22.0. The summed E-state index contributed by atoms with van der Waals surface area (Å²) in [5.74, 6) is -1.13. The Hall–Kier alpha value is -1.62. The van der Waals surface area contributed by atoms with Gasteiger partial charge >= 0.3 is 5.97 Å². The molecule has 5 nitrogen and oxygen atoms in total. The molecule has 1 heterocycles. The van der Waals surface area contributed by atoms with Gasteiger partial charge in [-0.3, -0.25) is 9.59 Å². The van der Waals surface area contributed by atoms with Gasteiger partial charge in [-0.05, 0) is 6.92 Å². The van der Waals surface area contributed by atoms with Crippen LogP contribution in [0.3, 0.4) is 0 Å². The first-order chi connectivity index (χ1) is 7.06. The highest BCUT2D eigenvalue weighted by molar-refractivity contribution is 6.31. The van der Waals surface area contributed by atoms with Crippen molar-refractivity contribution < 1.29 is 9.90 Å². The summed E-state index contributed by atoms with van der Waals surface area (Å²) >= 11 is 5.74. The quantitative estimate of drug-likeness (QED) is 0.838. The number of hydrogen-bond acceptors (Lipinski definition) is 3. The lowest BCUT2D eigenvalue weighted by atomic mass is 10.3. The molecule has 15 heavy (non-hydrogen) atoms. The lowest BCUT2D eigenvalue weighted by molar-refractivity contribution is -0.138. The fourth-order valence-electron chi connectivity index (χ4n) is 1.04. The number of halogens is 1. The molecule has 1 aromatic rings. The van der Waals surface area contributed by atoms with E-state index >= 15 is 0 Å². The topological polar surface area (TPSA) is 72.2 Å². The first kappa shape index (κ1) is 11.5. The van der Waals surface area contributed by atoms with Crippen molar-refractivity contribution in [2.45, 2.75) is 13.5 Å². The van der Waals surface area contributed by atoms with Gasteiger partial charge in [0.25, 0.3) is 5.56 Å². The van der Waals surface area contributed by atoms with Crippen LogP contribution in [0.15, 0.2) is 17.1 Å². The third-order valence-corrected chi connectivity index (χ3v) is 1.95. The van der Waals surface area contributed by atoms with E-state index in [4.69, 9.17) is 16.7 Å². The van der Waals surface area contributed by atoms with Gasteiger partial charge in [-0.1, -0.05) is 23.8 Å². The molecule has 1 N–H and O–H groups in total. The molecule has 0 aliphatic carbocycles. The monoisotopic (exact) mass is 228 g/mol. The number of nitrogens with zero attached hydrogens (tertiary/aromatic N) is 2. The van der Waals surface area contributed by atoms with Crippen molar-refractivity contribution in [2.75, 3.05) is 0 Å². The van der Waals surface area contributed by atoms with E-state index in [-0.39, 0.29) is 10.6 Å². The number of carboxylic acids is 1. The molecule has 0 saturated heterocycles. The highest BCUT2D eigenvalue weighted by Crippen LogP contribution is 2.10. The zero-order valence-electron chi connectivity index (χ0n) is 7.98. The zero-order chi connectivity index (χ0) is 11.4. The Morgan fingerprint density at radius 2 is 2.40 bits per heavy atom. The minimum atomic E-state index is -1.13. The Morgan fingerprint density at radius 3 is 2.93 bits per heavy atom. The minimum absolute atomic E-state index is 0.208. The molecule has 0 amide bonds. The van der Waals surface area contributed by atoms with E-state index < -0.39 is 18.1 Å². The van der Waals surface area contributed by atoms with Gasteiger partial charge in [0.15, 0.2) is 0 Å². The number of aromatic nitrogens is 2. The predicted octanol–water partition coefficient (Wildman–Crippen LogP) is 1.01. The van der Waals surface area contributed by atoms with Crippen molar-refractivity contribution >= 4 is 23.6 Å². The van der Waals surface area contributed by atoms with E-state index in [1.165, 1.54) is 12.3 Å². The van der Waals surface area contributed by atoms with Gasteiger partial charge in [-0.25, -0.2) is 4.68 Å². The van der Waals surface area contributed by atoms with Crippen LogP contribution in [-0.2, 0) is 11.3 Å².